The lowest BCUT2D eigenvalue weighted by Gasteiger charge is -2.18. The number of fused-ring (bicyclic) bond motifs is 1. The minimum atomic E-state index is 0.527. The predicted octanol–water partition coefficient (Wildman–Crippen LogP) is 5.00. The van der Waals surface area contributed by atoms with Crippen LogP contribution in [0, 0.1) is 0 Å². The van der Waals surface area contributed by atoms with E-state index < -0.39 is 0 Å². The third-order valence-electron chi connectivity index (χ3n) is 4.21. The topological polar surface area (TPSA) is 56.8 Å². The van der Waals surface area contributed by atoms with Gasteiger partial charge in [-0.3, -0.25) is 0 Å². The van der Waals surface area contributed by atoms with E-state index >= 15 is 0 Å². The minimum Gasteiger partial charge on any atom is -0.486 e. The molecule has 3 aromatic carbocycles. The Labute approximate surface area is 163 Å². The standard InChI is InChI=1S/C22H20N2O2S/c23-22(24-19-10-11-20-21(14-19)26-13-12-25-20)27-15-16-6-8-18(9-7-16)17-4-2-1-3-5-17/h1-11,14H,12-13,15H2,(H2,23,24). The lowest BCUT2D eigenvalue weighted by atomic mass is 10.0. The molecule has 136 valence electrons. The van der Waals surface area contributed by atoms with Crippen molar-refractivity contribution in [3.05, 3.63) is 78.4 Å². The largest absolute Gasteiger partial charge is 0.486 e. The summed E-state index contributed by atoms with van der Waals surface area (Å²) >= 11 is 1.52. The van der Waals surface area contributed by atoms with Crippen LogP contribution in [0.5, 0.6) is 11.5 Å². The van der Waals surface area contributed by atoms with Gasteiger partial charge >= 0.3 is 0 Å². The molecule has 4 rings (SSSR count). The van der Waals surface area contributed by atoms with Crippen LogP contribution in [0.3, 0.4) is 0 Å². The van der Waals surface area contributed by atoms with Crippen LogP contribution in [0.25, 0.3) is 11.1 Å². The highest BCUT2D eigenvalue weighted by Gasteiger charge is 2.11. The van der Waals surface area contributed by atoms with Crippen molar-refractivity contribution in [3.63, 3.8) is 0 Å². The fourth-order valence-electron chi connectivity index (χ4n) is 2.84. The number of aliphatic imine (C=N–C) groups is 1. The highest BCUT2D eigenvalue weighted by molar-refractivity contribution is 8.13. The van der Waals surface area contributed by atoms with Crippen molar-refractivity contribution in [1.82, 2.24) is 0 Å². The summed E-state index contributed by atoms with van der Waals surface area (Å²) in [6.07, 6.45) is 0. The Balaban J connectivity index is 1.39. The predicted molar refractivity (Wildman–Crippen MR) is 112 cm³/mol. The first-order valence-electron chi connectivity index (χ1n) is 8.79. The first-order chi connectivity index (χ1) is 13.3. The smallest absolute Gasteiger partial charge is 0.163 e. The maximum atomic E-state index is 6.09. The molecule has 27 heavy (non-hydrogen) atoms. The molecule has 0 unspecified atom stereocenters. The lowest BCUT2D eigenvalue weighted by molar-refractivity contribution is 0.171. The van der Waals surface area contributed by atoms with E-state index in [0.717, 1.165) is 22.9 Å². The first kappa shape index (κ1) is 17.5. The van der Waals surface area contributed by atoms with Crippen LogP contribution in [0.15, 0.2) is 77.8 Å². The number of rotatable bonds is 4. The quantitative estimate of drug-likeness (QED) is 0.514. The molecule has 0 bridgehead atoms. The summed E-state index contributed by atoms with van der Waals surface area (Å²) in [6.45, 7) is 1.14. The van der Waals surface area contributed by atoms with Crippen molar-refractivity contribution in [2.45, 2.75) is 5.75 Å². The van der Waals surface area contributed by atoms with Gasteiger partial charge in [0.1, 0.15) is 13.2 Å². The van der Waals surface area contributed by atoms with Crippen molar-refractivity contribution < 1.29 is 9.47 Å². The summed E-state index contributed by atoms with van der Waals surface area (Å²) in [5, 5.41) is 0.527. The van der Waals surface area contributed by atoms with Gasteiger partial charge in [-0.1, -0.05) is 66.4 Å². The minimum absolute atomic E-state index is 0.527. The maximum absolute atomic E-state index is 6.09. The van der Waals surface area contributed by atoms with Crippen LogP contribution in [-0.4, -0.2) is 18.4 Å². The van der Waals surface area contributed by atoms with Gasteiger partial charge in [-0.15, -0.1) is 0 Å². The molecule has 1 aliphatic rings. The number of thioether (sulfide) groups is 1. The molecule has 1 aliphatic heterocycles. The highest BCUT2D eigenvalue weighted by atomic mass is 32.2. The van der Waals surface area contributed by atoms with Gasteiger partial charge in [0, 0.05) is 11.8 Å². The van der Waals surface area contributed by atoms with Crippen LogP contribution in [0.2, 0.25) is 0 Å². The molecule has 0 aromatic heterocycles. The second-order valence-corrected chi connectivity index (χ2v) is 7.13. The molecule has 4 nitrogen and oxygen atoms in total. The van der Waals surface area contributed by atoms with Gasteiger partial charge in [0.25, 0.3) is 0 Å². The Hall–Kier alpha value is -2.92. The molecule has 3 aromatic rings. The summed E-state index contributed by atoms with van der Waals surface area (Å²) < 4.78 is 11.1. The van der Waals surface area contributed by atoms with E-state index in [9.17, 15) is 0 Å². The van der Waals surface area contributed by atoms with Crippen LogP contribution in [0.4, 0.5) is 5.69 Å². The van der Waals surface area contributed by atoms with Crippen LogP contribution < -0.4 is 15.2 Å². The molecule has 0 saturated carbocycles. The van der Waals surface area contributed by atoms with E-state index in [0.29, 0.717) is 18.4 Å². The molecule has 1 heterocycles. The van der Waals surface area contributed by atoms with Crippen LogP contribution in [-0.2, 0) is 5.75 Å². The molecule has 0 aliphatic carbocycles. The Morgan fingerprint density at radius 2 is 1.56 bits per heavy atom. The van der Waals surface area contributed by atoms with E-state index in [1.807, 2.05) is 36.4 Å². The van der Waals surface area contributed by atoms with Crippen LogP contribution in [0.1, 0.15) is 5.56 Å². The Bertz CT molecular complexity index is 940. The molecular weight excluding hydrogens is 356 g/mol. The highest BCUT2D eigenvalue weighted by Crippen LogP contribution is 2.34. The third-order valence-corrected chi connectivity index (χ3v) is 5.08. The molecular formula is C22H20N2O2S. The second kappa shape index (κ2) is 8.18. The number of amidine groups is 1. The average molecular weight is 376 g/mol. The van der Waals surface area contributed by atoms with E-state index in [2.05, 4.69) is 41.4 Å². The van der Waals surface area contributed by atoms with Crippen molar-refractivity contribution in [3.8, 4) is 22.6 Å². The zero-order chi connectivity index (χ0) is 18.5. The molecule has 0 fully saturated rings. The summed E-state index contributed by atoms with van der Waals surface area (Å²) in [6, 6.07) is 24.5. The van der Waals surface area contributed by atoms with Crippen molar-refractivity contribution in [1.29, 1.82) is 0 Å². The number of hydrogen-bond donors (Lipinski definition) is 1. The normalized spacial score (nSPS) is 13.4. The lowest BCUT2D eigenvalue weighted by Crippen LogP contribution is -2.15. The number of nitrogens with two attached hydrogens (primary N) is 1. The molecule has 0 saturated heterocycles. The summed E-state index contributed by atoms with van der Waals surface area (Å²) in [7, 11) is 0. The van der Waals surface area contributed by atoms with Crippen LogP contribution >= 0.6 is 11.8 Å². The Morgan fingerprint density at radius 1 is 0.852 bits per heavy atom. The van der Waals surface area contributed by atoms with Gasteiger partial charge in [-0.25, -0.2) is 4.99 Å². The monoisotopic (exact) mass is 376 g/mol. The third kappa shape index (κ3) is 4.44. The van der Waals surface area contributed by atoms with E-state index in [-0.39, 0.29) is 0 Å². The number of nitrogens with zero attached hydrogens (tertiary/aromatic N) is 1. The first-order valence-corrected chi connectivity index (χ1v) is 9.77. The number of hydrogen-bond acceptors (Lipinski definition) is 4. The van der Waals surface area contributed by atoms with Gasteiger partial charge in [-0.05, 0) is 28.8 Å². The van der Waals surface area contributed by atoms with E-state index in [4.69, 9.17) is 15.2 Å². The number of ether oxygens (including phenoxy) is 2. The van der Waals surface area contributed by atoms with Gasteiger partial charge < -0.3 is 15.2 Å². The van der Waals surface area contributed by atoms with Crippen molar-refractivity contribution in [2.75, 3.05) is 13.2 Å². The fraction of sp³-hybridized carbons (Fsp3) is 0.136. The van der Waals surface area contributed by atoms with E-state index in [1.54, 1.807) is 0 Å². The Kier molecular flexibility index (Phi) is 5.30. The van der Waals surface area contributed by atoms with Gasteiger partial charge in [-0.2, -0.15) is 0 Å². The van der Waals surface area contributed by atoms with E-state index in [1.165, 1.54) is 28.5 Å². The summed E-state index contributed by atoms with van der Waals surface area (Å²) in [4.78, 5) is 4.47. The average Bonchev–Trinajstić information content (AvgIpc) is 2.73. The zero-order valence-corrected chi connectivity index (χ0v) is 15.6. The van der Waals surface area contributed by atoms with Gasteiger partial charge in [0.2, 0.25) is 0 Å². The van der Waals surface area contributed by atoms with Gasteiger partial charge in [0.05, 0.1) is 5.69 Å². The summed E-state index contributed by atoms with van der Waals surface area (Å²) in [5.41, 5.74) is 10.5. The SMILES string of the molecule is NC(=Nc1ccc2c(c1)OCCO2)SCc1ccc(-c2ccccc2)cc1. The zero-order valence-electron chi connectivity index (χ0n) is 14.8. The van der Waals surface area contributed by atoms with Crippen molar-refractivity contribution >= 4 is 22.6 Å². The maximum Gasteiger partial charge on any atom is 0.163 e. The fourth-order valence-corrected chi connectivity index (χ4v) is 3.52. The summed E-state index contributed by atoms with van der Waals surface area (Å²) in [5.74, 6) is 2.25. The number of benzene rings is 3. The molecule has 2 N–H and O–H groups in total. The molecule has 0 radical (unpaired) electrons. The molecule has 0 spiro atoms. The van der Waals surface area contributed by atoms with Gasteiger partial charge in [0.15, 0.2) is 16.7 Å². The molecule has 5 heteroatoms. The van der Waals surface area contributed by atoms with Crippen molar-refractivity contribution in [2.24, 2.45) is 10.7 Å². The molecule has 0 amide bonds. The Morgan fingerprint density at radius 3 is 2.33 bits per heavy atom. The molecule has 0 atom stereocenters. The second-order valence-electron chi connectivity index (χ2n) is 6.13.